The number of carbonyl (C=O) groups excluding carboxylic acids is 1. The number of rotatable bonds is 11. The molecule has 0 spiro atoms. The number of nitrogens with zero attached hydrogens (tertiary/aromatic N) is 4. The molecule has 10 nitrogen and oxygen atoms in total. The third kappa shape index (κ3) is 6.58. The highest BCUT2D eigenvalue weighted by Gasteiger charge is 2.14. The van der Waals surface area contributed by atoms with Crippen LogP contribution in [0.15, 0.2) is 81.6 Å². The van der Waals surface area contributed by atoms with E-state index in [0.717, 1.165) is 5.56 Å². The molecule has 0 atom stereocenters. The minimum Gasteiger partial charge on any atom is -0.493 e. The number of aromatic nitrogens is 4. The fourth-order valence-corrected chi connectivity index (χ4v) is 5.56. The highest BCUT2D eigenvalue weighted by atomic mass is 35.5. The van der Waals surface area contributed by atoms with E-state index in [1.165, 1.54) is 33.0 Å². The molecule has 0 saturated carbocycles. The van der Waals surface area contributed by atoms with Crippen LogP contribution in [0, 0.1) is 0 Å². The van der Waals surface area contributed by atoms with E-state index in [0.29, 0.717) is 62.6 Å². The van der Waals surface area contributed by atoms with Crippen molar-refractivity contribution >= 4 is 45.8 Å². The number of ether oxygens (including phenoxy) is 2. The molecule has 0 fully saturated rings. The second-order valence-corrected chi connectivity index (χ2v) is 10.7. The van der Waals surface area contributed by atoms with E-state index in [-0.39, 0.29) is 30.0 Å². The number of hydrogen-bond acceptors (Lipinski definition) is 8. The predicted molar refractivity (Wildman–Crippen MR) is 163 cm³/mol. The summed E-state index contributed by atoms with van der Waals surface area (Å²) < 4.78 is 13.5. The van der Waals surface area contributed by atoms with Gasteiger partial charge >= 0.3 is 0 Å². The fraction of sp³-hybridized carbons (Fsp3) is 0.233. The van der Waals surface area contributed by atoms with Gasteiger partial charge in [-0.05, 0) is 48.4 Å². The second kappa shape index (κ2) is 13.1. The first-order valence-electron chi connectivity index (χ1n) is 13.1. The largest absolute Gasteiger partial charge is 0.493 e. The number of benzene rings is 2. The van der Waals surface area contributed by atoms with Gasteiger partial charge in [0.05, 0.1) is 35.8 Å². The first-order valence-corrected chi connectivity index (χ1v) is 14.5. The van der Waals surface area contributed by atoms with Gasteiger partial charge in [-0.15, -0.1) is 0 Å². The summed E-state index contributed by atoms with van der Waals surface area (Å²) >= 11 is 7.30. The van der Waals surface area contributed by atoms with Crippen molar-refractivity contribution < 1.29 is 14.3 Å². The van der Waals surface area contributed by atoms with Crippen LogP contribution in [0.25, 0.3) is 16.6 Å². The van der Waals surface area contributed by atoms with Gasteiger partial charge in [0.15, 0.2) is 16.7 Å². The maximum Gasteiger partial charge on any atom is 0.262 e. The molecule has 1 amide bonds. The number of nitrogens with one attached hydrogen (secondary N) is 1. The molecule has 42 heavy (non-hydrogen) atoms. The Morgan fingerprint density at radius 3 is 2.62 bits per heavy atom. The van der Waals surface area contributed by atoms with Gasteiger partial charge in [-0.2, -0.15) is 0 Å². The summed E-state index contributed by atoms with van der Waals surface area (Å²) in [6.45, 7) is 0.572. The van der Waals surface area contributed by atoms with Crippen LogP contribution in [0.2, 0.25) is 5.02 Å². The first kappa shape index (κ1) is 29.2. The monoisotopic (exact) mass is 605 g/mol. The molecule has 0 radical (unpaired) electrons. The van der Waals surface area contributed by atoms with Gasteiger partial charge in [-0.25, -0.2) is 9.97 Å². The standard InChI is InChI=1S/C30H28ClN5O5S/c1-40-24-9-7-19(15-25(24)41-2)11-13-32-27(37)12-14-35-29(39)22-5-3-4-6-23(22)34-30(35)42-18-21-16-28(38)36-17-20(31)8-10-26(36)33-21/h3-10,15-17H,11-14,18H2,1-2H3,(H,32,37). The molecular formula is C30H28ClN5O5S. The van der Waals surface area contributed by atoms with Gasteiger partial charge in [-0.1, -0.05) is 41.6 Å². The van der Waals surface area contributed by atoms with Crippen molar-refractivity contribution in [1.82, 2.24) is 24.3 Å². The first-order chi connectivity index (χ1) is 20.4. The number of methoxy groups -OCH3 is 2. The van der Waals surface area contributed by atoms with Gasteiger partial charge in [0.2, 0.25) is 5.91 Å². The number of hydrogen-bond donors (Lipinski definition) is 1. The summed E-state index contributed by atoms with van der Waals surface area (Å²) in [5.41, 5.74) is 2.06. The average Bonchev–Trinajstić information content (AvgIpc) is 3.00. The smallest absolute Gasteiger partial charge is 0.262 e. The number of fused-ring (bicyclic) bond motifs is 2. The van der Waals surface area contributed by atoms with Gasteiger partial charge in [0, 0.05) is 37.5 Å². The van der Waals surface area contributed by atoms with Crippen LogP contribution < -0.4 is 25.9 Å². The minimum atomic E-state index is -0.258. The maximum absolute atomic E-state index is 13.4. The molecule has 5 rings (SSSR count). The van der Waals surface area contributed by atoms with E-state index < -0.39 is 0 Å². The van der Waals surface area contributed by atoms with Gasteiger partial charge in [0.25, 0.3) is 11.1 Å². The molecule has 0 aliphatic rings. The Morgan fingerprint density at radius 2 is 1.81 bits per heavy atom. The van der Waals surface area contributed by atoms with Crippen molar-refractivity contribution in [3.8, 4) is 11.5 Å². The topological polar surface area (TPSA) is 117 Å². The van der Waals surface area contributed by atoms with Crippen molar-refractivity contribution in [2.45, 2.75) is 30.3 Å². The van der Waals surface area contributed by atoms with Crippen LogP contribution in [0.4, 0.5) is 0 Å². The lowest BCUT2D eigenvalue weighted by atomic mass is 10.1. The summed E-state index contributed by atoms with van der Waals surface area (Å²) in [4.78, 5) is 48.0. The molecular weight excluding hydrogens is 578 g/mol. The molecule has 1 N–H and O–H groups in total. The maximum atomic E-state index is 13.4. The zero-order chi connectivity index (χ0) is 29.6. The summed E-state index contributed by atoms with van der Waals surface area (Å²) in [5, 5.41) is 4.26. The Labute approximate surface area is 250 Å². The summed E-state index contributed by atoms with van der Waals surface area (Å²) in [6, 6.07) is 17.5. The Bertz CT molecular complexity index is 1890. The van der Waals surface area contributed by atoms with Gasteiger partial charge in [0.1, 0.15) is 5.65 Å². The highest BCUT2D eigenvalue weighted by Crippen LogP contribution is 2.27. The van der Waals surface area contributed by atoms with Gasteiger partial charge < -0.3 is 14.8 Å². The van der Waals surface area contributed by atoms with Crippen molar-refractivity contribution in [1.29, 1.82) is 0 Å². The van der Waals surface area contributed by atoms with Crippen molar-refractivity contribution in [2.75, 3.05) is 20.8 Å². The van der Waals surface area contributed by atoms with Crippen LogP contribution in [0.5, 0.6) is 11.5 Å². The zero-order valence-electron chi connectivity index (χ0n) is 23.0. The Kier molecular flexibility index (Phi) is 9.09. The van der Waals surface area contributed by atoms with E-state index in [1.807, 2.05) is 24.3 Å². The van der Waals surface area contributed by atoms with E-state index in [1.54, 1.807) is 44.6 Å². The summed E-state index contributed by atoms with van der Waals surface area (Å²) in [7, 11) is 3.16. The number of carbonyl (C=O) groups is 1. The molecule has 5 aromatic rings. The molecule has 3 aromatic heterocycles. The van der Waals surface area contributed by atoms with Crippen LogP contribution in [-0.4, -0.2) is 45.6 Å². The molecule has 0 unspecified atom stereocenters. The van der Waals surface area contributed by atoms with E-state index >= 15 is 0 Å². The molecule has 3 heterocycles. The lowest BCUT2D eigenvalue weighted by Gasteiger charge is -2.13. The molecule has 0 aliphatic carbocycles. The van der Waals surface area contributed by atoms with Crippen molar-refractivity contribution in [3.63, 3.8) is 0 Å². The Hall–Kier alpha value is -4.35. The number of amides is 1. The minimum absolute atomic E-state index is 0.0930. The molecule has 2 aromatic carbocycles. The lowest BCUT2D eigenvalue weighted by molar-refractivity contribution is -0.121. The summed E-state index contributed by atoms with van der Waals surface area (Å²) in [5.74, 6) is 1.39. The SMILES string of the molecule is COc1ccc(CCNC(=O)CCn2c(SCc3cc(=O)n4cc(Cl)ccc4n3)nc3ccccc3c2=O)cc1OC. The van der Waals surface area contributed by atoms with E-state index in [9.17, 15) is 14.4 Å². The number of thioether (sulfide) groups is 1. The predicted octanol–water partition coefficient (Wildman–Crippen LogP) is 4.12. The highest BCUT2D eigenvalue weighted by molar-refractivity contribution is 7.98. The Morgan fingerprint density at radius 1 is 1.00 bits per heavy atom. The second-order valence-electron chi connectivity index (χ2n) is 9.36. The molecule has 0 saturated heterocycles. The quantitative estimate of drug-likeness (QED) is 0.177. The Balaban J connectivity index is 1.29. The van der Waals surface area contributed by atoms with Crippen LogP contribution in [-0.2, 0) is 23.5 Å². The van der Waals surface area contributed by atoms with Crippen LogP contribution in [0.3, 0.4) is 0 Å². The van der Waals surface area contributed by atoms with E-state index in [4.69, 9.17) is 26.1 Å². The molecule has 216 valence electrons. The zero-order valence-corrected chi connectivity index (χ0v) is 24.6. The van der Waals surface area contributed by atoms with Crippen LogP contribution in [0.1, 0.15) is 17.7 Å². The average molecular weight is 606 g/mol. The lowest BCUT2D eigenvalue weighted by Crippen LogP contribution is -2.30. The third-order valence-electron chi connectivity index (χ3n) is 6.60. The van der Waals surface area contributed by atoms with Crippen LogP contribution >= 0.6 is 23.4 Å². The molecule has 0 aliphatic heterocycles. The normalized spacial score (nSPS) is 11.1. The number of halogens is 1. The number of pyridine rings is 1. The summed E-state index contributed by atoms with van der Waals surface area (Å²) in [6.07, 6.45) is 2.22. The van der Waals surface area contributed by atoms with Gasteiger partial charge in [-0.3, -0.25) is 23.4 Å². The van der Waals surface area contributed by atoms with Crippen molar-refractivity contribution in [3.05, 3.63) is 104 Å². The number of para-hydroxylation sites is 1. The molecule has 12 heteroatoms. The third-order valence-corrected chi connectivity index (χ3v) is 7.83. The van der Waals surface area contributed by atoms with E-state index in [2.05, 4.69) is 10.3 Å². The molecule has 0 bridgehead atoms. The van der Waals surface area contributed by atoms with Crippen molar-refractivity contribution in [2.24, 2.45) is 0 Å². The fourth-order valence-electron chi connectivity index (χ4n) is 4.48.